The average molecular weight is 452 g/mol. The van der Waals surface area contributed by atoms with Crippen LogP contribution in [-0.2, 0) is 20.1 Å². The lowest BCUT2D eigenvalue weighted by atomic mass is 10.2. The highest BCUT2D eigenvalue weighted by molar-refractivity contribution is 6.30. The van der Waals surface area contributed by atoms with Crippen LogP contribution in [0.15, 0.2) is 58.1 Å². The molecule has 0 radical (unpaired) electrons. The fourth-order valence-corrected chi connectivity index (χ4v) is 4.33. The Morgan fingerprint density at radius 2 is 1.88 bits per heavy atom. The Morgan fingerprint density at radius 1 is 1.09 bits per heavy atom. The summed E-state index contributed by atoms with van der Waals surface area (Å²) >= 11 is 5.97. The number of halogens is 1. The van der Waals surface area contributed by atoms with Crippen LogP contribution >= 0.6 is 11.6 Å². The Balaban J connectivity index is 1.68. The number of fused-ring (bicyclic) bond motifs is 3. The summed E-state index contributed by atoms with van der Waals surface area (Å²) in [5.41, 5.74) is 1.82. The number of nitrogens with zero attached hydrogens (tertiary/aromatic N) is 5. The lowest BCUT2D eigenvalue weighted by Crippen LogP contribution is -2.40. The van der Waals surface area contributed by atoms with E-state index in [1.54, 1.807) is 26.3 Å². The third-order valence-corrected chi connectivity index (χ3v) is 6.09. The molecule has 0 atom stereocenters. The summed E-state index contributed by atoms with van der Waals surface area (Å²) in [6, 6.07) is 14.8. The van der Waals surface area contributed by atoms with E-state index in [1.807, 2.05) is 41.0 Å². The van der Waals surface area contributed by atoms with E-state index in [0.717, 1.165) is 30.0 Å². The number of methoxy groups -OCH3 is 1. The van der Waals surface area contributed by atoms with Crippen LogP contribution in [0.2, 0.25) is 5.02 Å². The van der Waals surface area contributed by atoms with Crippen LogP contribution in [0, 0.1) is 0 Å². The summed E-state index contributed by atoms with van der Waals surface area (Å²) in [5, 5.41) is 0.604. The van der Waals surface area contributed by atoms with Gasteiger partial charge in [-0.2, -0.15) is 4.98 Å². The van der Waals surface area contributed by atoms with E-state index in [-0.39, 0.29) is 12.1 Å². The molecule has 9 heteroatoms. The minimum absolute atomic E-state index is 0.165. The second-order valence-corrected chi connectivity index (χ2v) is 8.24. The number of aromatic nitrogens is 4. The molecule has 1 aliphatic heterocycles. The van der Waals surface area contributed by atoms with E-state index < -0.39 is 5.69 Å². The topological polar surface area (TPSA) is 74.3 Å². The van der Waals surface area contributed by atoms with Gasteiger partial charge in [-0.3, -0.25) is 13.9 Å². The first-order chi connectivity index (χ1) is 15.5. The minimum atomic E-state index is -0.402. The molecule has 0 N–H and O–H groups in total. The van der Waals surface area contributed by atoms with E-state index in [2.05, 4.69) is 4.90 Å². The molecule has 1 aliphatic rings. The van der Waals surface area contributed by atoms with Crippen LogP contribution in [-0.4, -0.2) is 32.3 Å². The number of anilines is 2. The van der Waals surface area contributed by atoms with Crippen LogP contribution in [0.4, 0.5) is 11.6 Å². The van der Waals surface area contributed by atoms with Crippen LogP contribution in [0.25, 0.3) is 11.2 Å². The van der Waals surface area contributed by atoms with Gasteiger partial charge in [-0.1, -0.05) is 29.8 Å². The van der Waals surface area contributed by atoms with Crippen molar-refractivity contribution >= 4 is 34.4 Å². The molecule has 0 saturated carbocycles. The van der Waals surface area contributed by atoms with Crippen LogP contribution in [0.5, 0.6) is 5.75 Å². The molecule has 0 spiro atoms. The standard InChI is InChI=1S/C23H22ClN5O3/c1-26-20-19(21(30)29(23(26)31)14-15-7-9-16(24)10-8-15)28-12-4-11-27(22(28)25-20)17-5-3-6-18(13-17)32-2/h3,5-10,13H,4,11-12,14H2,1-2H3. The van der Waals surface area contributed by atoms with Gasteiger partial charge >= 0.3 is 5.69 Å². The molecule has 0 aliphatic carbocycles. The molecule has 0 unspecified atom stereocenters. The summed E-state index contributed by atoms with van der Waals surface area (Å²) in [7, 11) is 3.28. The number of hydrogen-bond donors (Lipinski definition) is 0. The van der Waals surface area contributed by atoms with Gasteiger partial charge in [0.05, 0.1) is 13.7 Å². The van der Waals surface area contributed by atoms with Crippen molar-refractivity contribution in [3.8, 4) is 5.75 Å². The lowest BCUT2D eigenvalue weighted by Gasteiger charge is -2.29. The lowest BCUT2D eigenvalue weighted by molar-refractivity contribution is 0.415. The van der Waals surface area contributed by atoms with Crippen molar-refractivity contribution in [1.82, 2.24) is 18.7 Å². The largest absolute Gasteiger partial charge is 0.497 e. The number of hydrogen-bond acceptors (Lipinski definition) is 5. The van der Waals surface area contributed by atoms with Gasteiger partial charge < -0.3 is 14.2 Å². The zero-order chi connectivity index (χ0) is 22.4. The van der Waals surface area contributed by atoms with E-state index in [1.165, 1.54) is 9.13 Å². The zero-order valence-corrected chi connectivity index (χ0v) is 18.5. The zero-order valence-electron chi connectivity index (χ0n) is 17.8. The van der Waals surface area contributed by atoms with Crippen LogP contribution < -0.4 is 20.9 Å². The molecule has 0 bridgehead atoms. The smallest absolute Gasteiger partial charge is 0.332 e. The maximum absolute atomic E-state index is 13.5. The third kappa shape index (κ3) is 3.27. The van der Waals surface area contributed by atoms with E-state index in [0.29, 0.717) is 28.7 Å². The number of benzene rings is 2. The Hall–Kier alpha value is -3.52. The van der Waals surface area contributed by atoms with Gasteiger partial charge in [-0.05, 0) is 36.2 Å². The first-order valence-electron chi connectivity index (χ1n) is 10.3. The van der Waals surface area contributed by atoms with E-state index in [4.69, 9.17) is 21.3 Å². The molecule has 32 heavy (non-hydrogen) atoms. The summed E-state index contributed by atoms with van der Waals surface area (Å²) in [5.74, 6) is 1.39. The van der Waals surface area contributed by atoms with Crippen molar-refractivity contribution in [2.24, 2.45) is 7.05 Å². The summed E-state index contributed by atoms with van der Waals surface area (Å²) in [4.78, 5) is 33.3. The fourth-order valence-electron chi connectivity index (χ4n) is 4.20. The first-order valence-corrected chi connectivity index (χ1v) is 10.7. The maximum Gasteiger partial charge on any atom is 0.332 e. The average Bonchev–Trinajstić information content (AvgIpc) is 3.22. The summed E-state index contributed by atoms with van der Waals surface area (Å²) < 4.78 is 9.98. The Labute approximate surface area is 188 Å². The molecule has 0 fully saturated rings. The third-order valence-electron chi connectivity index (χ3n) is 5.84. The SMILES string of the molecule is COc1cccc(N2CCCn3c2nc2c3c(=O)n(Cc3ccc(Cl)cc3)c(=O)n2C)c1. The summed E-state index contributed by atoms with van der Waals surface area (Å²) in [6.07, 6.45) is 0.842. The molecular formula is C23H22ClN5O3. The van der Waals surface area contributed by atoms with E-state index >= 15 is 0 Å². The van der Waals surface area contributed by atoms with Gasteiger partial charge in [0.2, 0.25) is 5.95 Å². The van der Waals surface area contributed by atoms with Crippen molar-refractivity contribution in [3.05, 3.63) is 80.0 Å². The molecule has 0 saturated heterocycles. The minimum Gasteiger partial charge on any atom is -0.497 e. The Bertz CT molecular complexity index is 1440. The van der Waals surface area contributed by atoms with Crippen molar-refractivity contribution in [1.29, 1.82) is 0 Å². The number of rotatable bonds is 4. The second-order valence-electron chi connectivity index (χ2n) is 7.80. The van der Waals surface area contributed by atoms with Gasteiger partial charge in [0.1, 0.15) is 5.75 Å². The molecule has 2 aromatic heterocycles. The van der Waals surface area contributed by atoms with Gasteiger partial charge in [0.15, 0.2) is 11.2 Å². The predicted octanol–water partition coefficient (Wildman–Crippen LogP) is 3.15. The normalized spacial score (nSPS) is 13.4. The van der Waals surface area contributed by atoms with Gasteiger partial charge in [0, 0.05) is 36.9 Å². The molecule has 2 aromatic carbocycles. The second kappa shape index (κ2) is 7.87. The molecule has 0 amide bonds. The highest BCUT2D eigenvalue weighted by atomic mass is 35.5. The van der Waals surface area contributed by atoms with Crippen molar-refractivity contribution < 1.29 is 4.74 Å². The number of ether oxygens (including phenoxy) is 1. The Kier molecular flexibility index (Phi) is 5.01. The van der Waals surface area contributed by atoms with E-state index in [9.17, 15) is 9.59 Å². The van der Waals surface area contributed by atoms with Gasteiger partial charge in [0.25, 0.3) is 5.56 Å². The van der Waals surface area contributed by atoms with Crippen molar-refractivity contribution in [2.45, 2.75) is 19.5 Å². The highest BCUT2D eigenvalue weighted by Gasteiger charge is 2.27. The monoisotopic (exact) mass is 451 g/mol. The molecule has 5 rings (SSSR count). The number of aryl methyl sites for hydroxylation is 2. The van der Waals surface area contributed by atoms with Crippen molar-refractivity contribution in [2.75, 3.05) is 18.6 Å². The predicted molar refractivity (Wildman–Crippen MR) is 124 cm³/mol. The quantitative estimate of drug-likeness (QED) is 0.476. The molecular weight excluding hydrogens is 430 g/mol. The van der Waals surface area contributed by atoms with Crippen molar-refractivity contribution in [3.63, 3.8) is 0 Å². The Morgan fingerprint density at radius 3 is 2.62 bits per heavy atom. The first kappa shape index (κ1) is 20.4. The molecule has 8 nitrogen and oxygen atoms in total. The fraction of sp³-hybridized carbons (Fsp3) is 0.261. The van der Waals surface area contributed by atoms with Gasteiger partial charge in [-0.15, -0.1) is 0 Å². The number of imidazole rings is 1. The molecule has 3 heterocycles. The molecule has 4 aromatic rings. The highest BCUT2D eigenvalue weighted by Crippen LogP contribution is 2.32. The summed E-state index contributed by atoms with van der Waals surface area (Å²) in [6.45, 7) is 1.57. The van der Waals surface area contributed by atoms with Crippen LogP contribution in [0.3, 0.4) is 0 Å². The van der Waals surface area contributed by atoms with Gasteiger partial charge in [-0.25, -0.2) is 4.79 Å². The van der Waals surface area contributed by atoms with Crippen LogP contribution in [0.1, 0.15) is 12.0 Å². The molecule has 164 valence electrons. The maximum atomic E-state index is 13.5.